The van der Waals surface area contributed by atoms with Gasteiger partial charge < -0.3 is 30.9 Å². The average molecular weight is 504 g/mol. The van der Waals surface area contributed by atoms with Gasteiger partial charge in [-0.3, -0.25) is 4.79 Å². The first-order chi connectivity index (χ1) is 17.2. The number of amides is 1. The molecule has 1 saturated heterocycles. The van der Waals surface area contributed by atoms with Crippen LogP contribution >= 0.6 is 0 Å². The SMILES string of the molecule is NC(=O)c1ccnc(NCCCN2CCCC(COc3ccc(F)cc3)C2)n1.O=C(O)C=CC(=O)O. The molecule has 0 radical (unpaired) electrons. The predicted octanol–water partition coefficient (Wildman–Crippen LogP) is 2.02. The first-order valence-electron chi connectivity index (χ1n) is 11.3. The molecule has 0 saturated carbocycles. The van der Waals surface area contributed by atoms with E-state index in [-0.39, 0.29) is 11.5 Å². The highest BCUT2D eigenvalue weighted by atomic mass is 19.1. The van der Waals surface area contributed by atoms with Gasteiger partial charge in [0.1, 0.15) is 17.3 Å². The molecule has 1 aliphatic rings. The highest BCUT2D eigenvalue weighted by Gasteiger charge is 2.20. The number of carboxylic acid groups (broad SMARTS) is 2. The Bertz CT molecular complexity index is 1020. The van der Waals surface area contributed by atoms with Gasteiger partial charge in [0.25, 0.3) is 5.91 Å². The molecule has 1 aromatic carbocycles. The van der Waals surface area contributed by atoms with Crippen LogP contribution in [0.1, 0.15) is 29.8 Å². The summed E-state index contributed by atoms with van der Waals surface area (Å²) in [5, 5.41) is 18.8. The third-order valence-electron chi connectivity index (χ3n) is 5.11. The van der Waals surface area contributed by atoms with E-state index in [1.54, 1.807) is 12.1 Å². The summed E-state index contributed by atoms with van der Waals surface area (Å²) in [5.74, 6) is -1.73. The van der Waals surface area contributed by atoms with Crippen LogP contribution in [-0.2, 0) is 9.59 Å². The van der Waals surface area contributed by atoms with Crippen molar-refractivity contribution in [2.24, 2.45) is 11.7 Å². The van der Waals surface area contributed by atoms with E-state index in [0.717, 1.165) is 45.4 Å². The fourth-order valence-electron chi connectivity index (χ4n) is 3.46. The topological polar surface area (TPSA) is 168 Å². The fourth-order valence-corrected chi connectivity index (χ4v) is 3.46. The van der Waals surface area contributed by atoms with Crippen molar-refractivity contribution in [1.29, 1.82) is 0 Å². The highest BCUT2D eigenvalue weighted by molar-refractivity contribution is 5.91. The van der Waals surface area contributed by atoms with Crippen molar-refractivity contribution in [3.05, 3.63) is 60.2 Å². The van der Waals surface area contributed by atoms with Crippen molar-refractivity contribution in [2.45, 2.75) is 19.3 Å². The molecule has 1 aromatic heterocycles. The van der Waals surface area contributed by atoms with Crippen LogP contribution in [0.4, 0.5) is 10.3 Å². The molecule has 1 atom stereocenters. The minimum atomic E-state index is -1.26. The predicted molar refractivity (Wildman–Crippen MR) is 129 cm³/mol. The van der Waals surface area contributed by atoms with Crippen molar-refractivity contribution < 1.29 is 33.7 Å². The Kier molecular flexibility index (Phi) is 11.8. The van der Waals surface area contributed by atoms with Gasteiger partial charge in [0.15, 0.2) is 0 Å². The van der Waals surface area contributed by atoms with Crippen molar-refractivity contribution in [3.8, 4) is 5.75 Å². The van der Waals surface area contributed by atoms with Gasteiger partial charge in [0.05, 0.1) is 6.61 Å². The summed E-state index contributed by atoms with van der Waals surface area (Å²) in [6.45, 7) is 4.41. The van der Waals surface area contributed by atoms with Crippen molar-refractivity contribution in [1.82, 2.24) is 14.9 Å². The average Bonchev–Trinajstić information content (AvgIpc) is 2.86. The number of anilines is 1. The molecule has 2 heterocycles. The molecule has 11 nitrogen and oxygen atoms in total. The maximum absolute atomic E-state index is 12.9. The van der Waals surface area contributed by atoms with Crippen LogP contribution in [0, 0.1) is 11.7 Å². The molecule has 1 unspecified atom stereocenters. The lowest BCUT2D eigenvalue weighted by Gasteiger charge is -2.32. The molecule has 0 bridgehead atoms. The lowest BCUT2D eigenvalue weighted by atomic mass is 9.99. The third kappa shape index (κ3) is 11.4. The number of nitrogens with one attached hydrogen (secondary N) is 1. The zero-order valence-electron chi connectivity index (χ0n) is 19.7. The fraction of sp³-hybridized carbons (Fsp3) is 0.375. The van der Waals surface area contributed by atoms with E-state index in [1.807, 2.05) is 0 Å². The van der Waals surface area contributed by atoms with Crippen LogP contribution < -0.4 is 15.8 Å². The Hall–Kier alpha value is -4.06. The van der Waals surface area contributed by atoms with Crippen molar-refractivity contribution in [3.63, 3.8) is 0 Å². The summed E-state index contributed by atoms with van der Waals surface area (Å²) >= 11 is 0. The number of benzene rings is 1. The number of ether oxygens (including phenoxy) is 1. The van der Waals surface area contributed by atoms with E-state index in [4.69, 9.17) is 20.7 Å². The second-order valence-corrected chi connectivity index (χ2v) is 7.99. The number of aliphatic carboxylic acids is 2. The second-order valence-electron chi connectivity index (χ2n) is 7.99. The van der Waals surface area contributed by atoms with Gasteiger partial charge >= 0.3 is 11.9 Å². The monoisotopic (exact) mass is 503 g/mol. The third-order valence-corrected chi connectivity index (χ3v) is 5.11. The van der Waals surface area contributed by atoms with Crippen LogP contribution in [0.5, 0.6) is 5.75 Å². The van der Waals surface area contributed by atoms with Gasteiger partial charge in [-0.2, -0.15) is 0 Å². The normalized spacial score (nSPS) is 15.5. The summed E-state index contributed by atoms with van der Waals surface area (Å²) in [6.07, 6.45) is 5.87. The molecule has 3 rings (SSSR count). The van der Waals surface area contributed by atoms with E-state index >= 15 is 0 Å². The maximum Gasteiger partial charge on any atom is 0.328 e. The Morgan fingerprint density at radius 3 is 2.50 bits per heavy atom. The summed E-state index contributed by atoms with van der Waals surface area (Å²) in [6, 6.07) is 7.65. The maximum atomic E-state index is 12.9. The standard InChI is InChI=1S/C20H26FN5O2.C4H4O4/c21-16-4-6-17(7-5-16)28-14-15-3-1-11-26(13-15)12-2-9-23-20-24-10-8-18(25-20)19(22)27;5-3(6)1-2-4(7)8/h4-8,10,15H,1-3,9,11-14H2,(H2,22,27)(H,23,24,25);1-2H,(H,5,6)(H,7,8). The summed E-state index contributed by atoms with van der Waals surface area (Å²) in [7, 11) is 0. The van der Waals surface area contributed by atoms with Crippen molar-refractivity contribution in [2.75, 3.05) is 38.1 Å². The van der Waals surface area contributed by atoms with Crippen LogP contribution in [0.15, 0.2) is 48.7 Å². The van der Waals surface area contributed by atoms with E-state index < -0.39 is 17.8 Å². The number of halogens is 1. The molecule has 2 aromatic rings. The Balaban J connectivity index is 0.000000493. The zero-order chi connectivity index (χ0) is 26.3. The molecule has 1 amide bonds. The number of hydrogen-bond acceptors (Lipinski definition) is 8. The van der Waals surface area contributed by atoms with E-state index in [9.17, 15) is 18.8 Å². The van der Waals surface area contributed by atoms with Crippen LogP contribution in [0.25, 0.3) is 0 Å². The first-order valence-corrected chi connectivity index (χ1v) is 11.3. The smallest absolute Gasteiger partial charge is 0.328 e. The summed E-state index contributed by atoms with van der Waals surface area (Å²) in [4.78, 5) is 40.9. The molecular weight excluding hydrogens is 473 g/mol. The summed E-state index contributed by atoms with van der Waals surface area (Å²) in [5.41, 5.74) is 5.43. The molecule has 194 valence electrons. The highest BCUT2D eigenvalue weighted by Crippen LogP contribution is 2.19. The second kappa shape index (κ2) is 15.0. The molecular formula is C24H30FN5O6. The number of nitrogens with zero attached hydrogens (tertiary/aromatic N) is 3. The van der Waals surface area contributed by atoms with E-state index in [2.05, 4.69) is 20.2 Å². The van der Waals surface area contributed by atoms with E-state index in [1.165, 1.54) is 24.4 Å². The van der Waals surface area contributed by atoms with Gasteiger partial charge in [-0.25, -0.2) is 23.9 Å². The Morgan fingerprint density at radius 1 is 1.17 bits per heavy atom. The number of carbonyl (C=O) groups is 3. The van der Waals surface area contributed by atoms with Crippen LogP contribution in [-0.4, -0.2) is 75.7 Å². The van der Waals surface area contributed by atoms with Gasteiger partial charge in [-0.15, -0.1) is 0 Å². The molecule has 5 N–H and O–H groups in total. The number of hydrogen-bond donors (Lipinski definition) is 4. The van der Waals surface area contributed by atoms with Crippen molar-refractivity contribution >= 4 is 23.8 Å². The Labute approximate surface area is 207 Å². The van der Waals surface area contributed by atoms with Gasteiger partial charge in [-0.05, 0) is 62.7 Å². The lowest BCUT2D eigenvalue weighted by molar-refractivity contribution is -0.134. The molecule has 1 fully saturated rings. The minimum absolute atomic E-state index is 0.206. The number of carbonyl (C=O) groups excluding carboxylic acids is 1. The van der Waals surface area contributed by atoms with Gasteiger partial charge in [0, 0.05) is 37.4 Å². The van der Waals surface area contributed by atoms with Crippen LogP contribution in [0.3, 0.4) is 0 Å². The zero-order valence-corrected chi connectivity index (χ0v) is 19.7. The van der Waals surface area contributed by atoms with Gasteiger partial charge in [-0.1, -0.05) is 0 Å². The lowest BCUT2D eigenvalue weighted by Crippen LogP contribution is -2.38. The number of piperidine rings is 1. The number of carboxylic acids is 2. The number of primary amides is 1. The minimum Gasteiger partial charge on any atom is -0.493 e. The quantitative estimate of drug-likeness (QED) is 0.263. The Morgan fingerprint density at radius 2 is 1.86 bits per heavy atom. The number of aromatic nitrogens is 2. The summed E-state index contributed by atoms with van der Waals surface area (Å²) < 4.78 is 18.8. The number of rotatable bonds is 11. The van der Waals surface area contributed by atoms with Gasteiger partial charge in [0.2, 0.25) is 5.95 Å². The molecule has 0 spiro atoms. The number of nitrogens with two attached hydrogens (primary N) is 1. The van der Waals surface area contributed by atoms with Crippen LogP contribution in [0.2, 0.25) is 0 Å². The molecule has 36 heavy (non-hydrogen) atoms. The first kappa shape index (κ1) is 28.2. The number of likely N-dealkylation sites (tertiary alicyclic amines) is 1. The largest absolute Gasteiger partial charge is 0.493 e. The van der Waals surface area contributed by atoms with E-state index in [0.29, 0.717) is 36.4 Å². The molecule has 12 heteroatoms. The molecule has 0 aliphatic carbocycles. The molecule has 1 aliphatic heterocycles.